The molecule has 1 radical (unpaired) electrons. The van der Waals surface area contributed by atoms with Crippen LogP contribution in [0.3, 0.4) is 0 Å². The van der Waals surface area contributed by atoms with E-state index in [4.69, 9.17) is 11.5 Å². The van der Waals surface area contributed by atoms with Crippen molar-refractivity contribution in [1.82, 2.24) is 43.0 Å². The molecule has 247 valence electrons. The van der Waals surface area contributed by atoms with E-state index in [-0.39, 0.29) is 43.6 Å². The number of rotatable bonds is 16. The first-order valence-electron chi connectivity index (χ1n) is 14.7. The fourth-order valence-corrected chi connectivity index (χ4v) is 4.20. The van der Waals surface area contributed by atoms with E-state index >= 15 is 0 Å². The van der Waals surface area contributed by atoms with Gasteiger partial charge in [0.2, 0.25) is 0 Å². The van der Waals surface area contributed by atoms with E-state index < -0.39 is 48.3 Å². The van der Waals surface area contributed by atoms with Gasteiger partial charge in [-0.15, -0.1) is 0 Å². The summed E-state index contributed by atoms with van der Waals surface area (Å²) in [4.78, 5) is 48.7. The van der Waals surface area contributed by atoms with E-state index in [0.717, 1.165) is 11.1 Å². The largest absolute Gasteiger partial charge is 0.508 e. The van der Waals surface area contributed by atoms with Crippen LogP contribution in [-0.2, 0) is 12.8 Å². The zero-order valence-corrected chi connectivity index (χ0v) is 25.9. The van der Waals surface area contributed by atoms with Gasteiger partial charge in [-0.25, -0.2) is 19.2 Å². The van der Waals surface area contributed by atoms with E-state index in [1.54, 1.807) is 43.3 Å². The average Bonchev–Trinajstić information content (AvgIpc) is 2.98. The van der Waals surface area contributed by atoms with Gasteiger partial charge in [0.15, 0.2) is 0 Å². The lowest BCUT2D eigenvalue weighted by Crippen LogP contribution is -2.55. The van der Waals surface area contributed by atoms with E-state index in [9.17, 15) is 29.4 Å². The second kappa shape index (κ2) is 18.7. The van der Waals surface area contributed by atoms with Crippen LogP contribution in [0.15, 0.2) is 48.5 Å². The maximum Gasteiger partial charge on any atom is 0.315 e. The Labute approximate surface area is 263 Å². The summed E-state index contributed by atoms with van der Waals surface area (Å²) < 4.78 is 0. The molecule has 2 unspecified atom stereocenters. The maximum absolute atomic E-state index is 12.7. The van der Waals surface area contributed by atoms with Crippen LogP contribution in [0, 0.1) is 5.92 Å². The zero-order chi connectivity index (χ0) is 33.4. The molecule has 2 aromatic carbocycles. The number of benzene rings is 2. The molecule has 0 aliphatic carbocycles. The highest BCUT2D eigenvalue weighted by Gasteiger charge is 2.20. The minimum atomic E-state index is -0.725. The van der Waals surface area contributed by atoms with Gasteiger partial charge in [-0.2, -0.15) is 0 Å². The summed E-state index contributed by atoms with van der Waals surface area (Å²) in [6.07, 6.45) is 0.786. The molecular formula is C30H46N9O6. The van der Waals surface area contributed by atoms with Gasteiger partial charge in [-0.3, -0.25) is 5.73 Å². The topological polar surface area (TPSA) is 243 Å². The average molecular weight is 629 g/mol. The summed E-state index contributed by atoms with van der Waals surface area (Å²) in [5.74, 6) is 0.236. The van der Waals surface area contributed by atoms with Crippen LogP contribution in [-0.4, -0.2) is 84.7 Å². The molecule has 15 heteroatoms. The number of primary amides is 1. The molecular weight excluding hydrogens is 582 g/mol. The molecule has 0 spiro atoms. The highest BCUT2D eigenvalue weighted by molar-refractivity contribution is 5.76. The van der Waals surface area contributed by atoms with Crippen molar-refractivity contribution < 1.29 is 29.4 Å². The van der Waals surface area contributed by atoms with Gasteiger partial charge >= 0.3 is 24.1 Å². The number of urea groups is 4. The highest BCUT2D eigenvalue weighted by Crippen LogP contribution is 2.12. The molecule has 0 aliphatic heterocycles. The van der Waals surface area contributed by atoms with Gasteiger partial charge in [-0.05, 0) is 61.1 Å². The number of carbonyl (C=O) groups is 4. The lowest BCUT2D eigenvalue weighted by molar-refractivity contribution is 0.223. The fraction of sp³-hybridized carbons (Fsp3) is 0.467. The Bertz CT molecular complexity index is 1230. The third-order valence-electron chi connectivity index (χ3n) is 6.75. The number of phenolic OH excluding ortho intramolecular Hbond substituents is 2. The van der Waals surface area contributed by atoms with Crippen LogP contribution < -0.4 is 48.7 Å². The van der Waals surface area contributed by atoms with E-state index in [1.807, 2.05) is 13.8 Å². The number of nitrogens with one attached hydrogen (secondary N) is 8. The number of hydrogen-bond donors (Lipinski definition) is 10. The monoisotopic (exact) mass is 628 g/mol. The highest BCUT2D eigenvalue weighted by atomic mass is 16.3. The maximum atomic E-state index is 12.7. The van der Waals surface area contributed by atoms with Crippen LogP contribution in [0.25, 0.3) is 0 Å². The minimum absolute atomic E-state index is 0.0268. The number of nitrogens with two attached hydrogens (primary N) is 1. The van der Waals surface area contributed by atoms with Crippen LogP contribution in [0.2, 0.25) is 0 Å². The lowest BCUT2D eigenvalue weighted by atomic mass is 10.0. The molecule has 12 N–H and O–H groups in total. The van der Waals surface area contributed by atoms with E-state index in [0.29, 0.717) is 12.8 Å². The Balaban J connectivity index is 1.73. The third-order valence-corrected chi connectivity index (χ3v) is 6.75. The van der Waals surface area contributed by atoms with Crippen LogP contribution >= 0.6 is 0 Å². The van der Waals surface area contributed by atoms with Crippen molar-refractivity contribution in [3.05, 3.63) is 59.7 Å². The second-order valence-electron chi connectivity index (χ2n) is 11.2. The van der Waals surface area contributed by atoms with Gasteiger partial charge in [0.05, 0.1) is 12.1 Å². The molecule has 0 aromatic heterocycles. The van der Waals surface area contributed by atoms with Crippen molar-refractivity contribution in [2.75, 3.05) is 26.2 Å². The fourth-order valence-electron chi connectivity index (χ4n) is 4.20. The van der Waals surface area contributed by atoms with Gasteiger partial charge in [0, 0.05) is 38.3 Å². The number of aromatic hydroxyl groups is 2. The van der Waals surface area contributed by atoms with Crippen molar-refractivity contribution in [2.45, 2.75) is 57.8 Å². The molecule has 2 aromatic rings. The van der Waals surface area contributed by atoms with Gasteiger partial charge in [0.1, 0.15) is 11.5 Å². The molecule has 0 saturated heterocycles. The molecule has 2 rings (SSSR count). The van der Waals surface area contributed by atoms with E-state index in [2.05, 4.69) is 37.2 Å². The molecule has 8 amide bonds. The first kappa shape index (κ1) is 36.3. The summed E-state index contributed by atoms with van der Waals surface area (Å²) in [5, 5.41) is 37.8. The molecule has 0 saturated carbocycles. The standard InChI is InChI=1S/C30H46N9O6/c1-18(2)26(17-36-29(44)38-23(16-33-27(32)42)13-21-6-10-25(41)11-7-21)39-30(45)34-14-19(3)37-28(43)35-15-22(31)12-20-4-8-24(40)9-5-20/h4-11,18-19,22-23,26,31,40-41H,12-17H2,1-3H3,(H3,32,33,42)(H2,34,39,45)(H2,35,37,43)(H2,36,38,44)/t19-,22?,23-,26?/m0/s1. The molecule has 45 heavy (non-hydrogen) atoms. The Morgan fingerprint density at radius 1 is 0.667 bits per heavy atom. The quantitative estimate of drug-likeness (QED) is 0.129. The Morgan fingerprint density at radius 3 is 1.71 bits per heavy atom. The Kier molecular flexibility index (Phi) is 15.1. The van der Waals surface area contributed by atoms with Crippen molar-refractivity contribution in [3.63, 3.8) is 0 Å². The van der Waals surface area contributed by atoms with Crippen molar-refractivity contribution >= 4 is 24.1 Å². The van der Waals surface area contributed by atoms with Crippen LogP contribution in [0.1, 0.15) is 31.9 Å². The molecule has 0 heterocycles. The van der Waals surface area contributed by atoms with Gasteiger partial charge in [0.25, 0.3) is 0 Å². The Morgan fingerprint density at radius 2 is 1.16 bits per heavy atom. The molecule has 0 fully saturated rings. The SMILES string of the molecule is CC(C)C(CNC(=O)N[C@H](CNC(N)=O)Cc1ccc(O)cc1)NC(=O)NC[C@H](C)NC(=O)NCC([NH])Cc1ccc(O)cc1. The van der Waals surface area contributed by atoms with Crippen molar-refractivity contribution in [3.8, 4) is 11.5 Å². The Hall–Kier alpha value is -4.92. The summed E-state index contributed by atoms with van der Waals surface area (Å²) in [7, 11) is 0. The van der Waals surface area contributed by atoms with Crippen LogP contribution in [0.4, 0.5) is 19.2 Å². The molecule has 0 aliphatic rings. The third kappa shape index (κ3) is 15.4. The molecule has 15 nitrogen and oxygen atoms in total. The number of hydrogen-bond acceptors (Lipinski definition) is 6. The second-order valence-corrected chi connectivity index (χ2v) is 11.2. The predicted molar refractivity (Wildman–Crippen MR) is 170 cm³/mol. The van der Waals surface area contributed by atoms with Gasteiger partial charge in [-0.1, -0.05) is 38.1 Å². The van der Waals surface area contributed by atoms with Crippen molar-refractivity contribution in [2.24, 2.45) is 11.7 Å². The lowest BCUT2D eigenvalue weighted by Gasteiger charge is -2.25. The number of carbonyl (C=O) groups excluding carboxylic acids is 4. The number of amides is 8. The van der Waals surface area contributed by atoms with Gasteiger partial charge < -0.3 is 53.2 Å². The van der Waals surface area contributed by atoms with Crippen LogP contribution in [0.5, 0.6) is 11.5 Å². The normalized spacial score (nSPS) is 13.4. The van der Waals surface area contributed by atoms with E-state index in [1.165, 1.54) is 12.1 Å². The zero-order valence-electron chi connectivity index (χ0n) is 25.9. The molecule has 4 atom stereocenters. The van der Waals surface area contributed by atoms with Crippen molar-refractivity contribution in [1.29, 1.82) is 0 Å². The number of phenols is 2. The first-order valence-corrected chi connectivity index (χ1v) is 14.7. The summed E-state index contributed by atoms with van der Waals surface area (Å²) in [6.45, 7) is 5.99. The predicted octanol–water partition coefficient (Wildman–Crippen LogP) is 0.882. The smallest absolute Gasteiger partial charge is 0.315 e. The summed E-state index contributed by atoms with van der Waals surface area (Å²) in [6, 6.07) is 9.00. The minimum Gasteiger partial charge on any atom is -0.508 e. The first-order chi connectivity index (χ1) is 21.3. The summed E-state index contributed by atoms with van der Waals surface area (Å²) in [5.41, 5.74) is 15.0. The summed E-state index contributed by atoms with van der Waals surface area (Å²) >= 11 is 0. The molecule has 0 bridgehead atoms.